The Morgan fingerprint density at radius 3 is 3.22 bits per heavy atom. The standard InChI is InChI=1S/C16H23FN4O2/c1-22-14-12-3-5-18-8-13(12)19-15(20-14)23-10-16-4-2-6-21(16)9-11(17)7-16/h11,18H,2-10H2,1H3/t11-,16?/m1/s1. The highest BCUT2D eigenvalue weighted by atomic mass is 19.1. The van der Waals surface area contributed by atoms with E-state index in [4.69, 9.17) is 9.47 Å². The van der Waals surface area contributed by atoms with Gasteiger partial charge in [0.2, 0.25) is 5.88 Å². The molecule has 23 heavy (non-hydrogen) atoms. The Hall–Kier alpha value is -1.47. The van der Waals surface area contributed by atoms with E-state index in [1.807, 2.05) is 0 Å². The minimum atomic E-state index is -0.748. The Morgan fingerprint density at radius 1 is 1.43 bits per heavy atom. The molecule has 0 aliphatic carbocycles. The zero-order chi connectivity index (χ0) is 15.9. The molecule has 2 saturated heterocycles. The van der Waals surface area contributed by atoms with Crippen molar-refractivity contribution in [2.24, 2.45) is 0 Å². The summed E-state index contributed by atoms with van der Waals surface area (Å²) < 4.78 is 25.1. The predicted octanol–water partition coefficient (Wildman–Crippen LogP) is 1.09. The first-order valence-electron chi connectivity index (χ1n) is 8.37. The summed E-state index contributed by atoms with van der Waals surface area (Å²) in [6.07, 6.45) is 2.75. The number of halogens is 1. The van der Waals surface area contributed by atoms with Crippen LogP contribution in [0.1, 0.15) is 30.5 Å². The molecular formula is C16H23FN4O2. The van der Waals surface area contributed by atoms with E-state index < -0.39 is 6.17 Å². The Labute approximate surface area is 135 Å². The largest absolute Gasteiger partial charge is 0.481 e. The van der Waals surface area contributed by atoms with Gasteiger partial charge in [-0.1, -0.05) is 0 Å². The molecule has 0 spiro atoms. The molecule has 4 heterocycles. The molecule has 3 aliphatic heterocycles. The third-order valence-corrected chi connectivity index (χ3v) is 5.30. The maximum atomic E-state index is 13.8. The Morgan fingerprint density at radius 2 is 2.35 bits per heavy atom. The molecule has 0 saturated carbocycles. The van der Waals surface area contributed by atoms with Crippen LogP contribution in [0.15, 0.2) is 0 Å². The van der Waals surface area contributed by atoms with Gasteiger partial charge in [0.1, 0.15) is 12.8 Å². The lowest BCUT2D eigenvalue weighted by Gasteiger charge is -2.31. The van der Waals surface area contributed by atoms with E-state index in [9.17, 15) is 4.39 Å². The molecule has 1 aromatic heterocycles. The molecule has 0 radical (unpaired) electrons. The smallest absolute Gasteiger partial charge is 0.320 e. The van der Waals surface area contributed by atoms with Crippen LogP contribution in [0.3, 0.4) is 0 Å². The Kier molecular flexibility index (Phi) is 3.85. The molecule has 1 unspecified atom stereocenters. The fourth-order valence-electron chi connectivity index (χ4n) is 4.18. The van der Waals surface area contributed by atoms with Crippen molar-refractivity contribution in [2.75, 3.05) is 33.4 Å². The van der Waals surface area contributed by atoms with Crippen molar-refractivity contribution in [3.63, 3.8) is 0 Å². The summed E-state index contributed by atoms with van der Waals surface area (Å²) in [6.45, 7) is 3.55. The lowest BCUT2D eigenvalue weighted by Crippen LogP contribution is -2.43. The van der Waals surface area contributed by atoms with E-state index in [1.165, 1.54) is 0 Å². The maximum absolute atomic E-state index is 13.8. The van der Waals surface area contributed by atoms with E-state index in [-0.39, 0.29) is 5.54 Å². The van der Waals surface area contributed by atoms with Crippen LogP contribution < -0.4 is 14.8 Å². The second kappa shape index (κ2) is 5.87. The minimum Gasteiger partial charge on any atom is -0.481 e. The summed E-state index contributed by atoms with van der Waals surface area (Å²) in [5.74, 6) is 0.599. The van der Waals surface area contributed by atoms with E-state index in [2.05, 4.69) is 20.2 Å². The molecule has 2 atom stereocenters. The second-order valence-corrected chi connectivity index (χ2v) is 6.73. The van der Waals surface area contributed by atoms with E-state index in [0.29, 0.717) is 38.0 Å². The monoisotopic (exact) mass is 322 g/mol. The highest BCUT2D eigenvalue weighted by Gasteiger charge is 2.49. The first-order chi connectivity index (χ1) is 11.2. The van der Waals surface area contributed by atoms with E-state index >= 15 is 0 Å². The van der Waals surface area contributed by atoms with Crippen LogP contribution in [0.25, 0.3) is 0 Å². The summed E-state index contributed by atoms with van der Waals surface area (Å²) in [7, 11) is 1.62. The zero-order valence-electron chi connectivity index (χ0n) is 13.5. The van der Waals surface area contributed by atoms with E-state index in [1.54, 1.807) is 7.11 Å². The number of nitrogens with one attached hydrogen (secondary N) is 1. The van der Waals surface area contributed by atoms with Crippen LogP contribution in [0.4, 0.5) is 4.39 Å². The number of rotatable bonds is 4. The van der Waals surface area contributed by atoms with Gasteiger partial charge in [0.25, 0.3) is 0 Å². The summed E-state index contributed by atoms with van der Waals surface area (Å²) >= 11 is 0. The third-order valence-electron chi connectivity index (χ3n) is 5.30. The van der Waals surface area contributed by atoms with E-state index in [0.717, 1.165) is 43.6 Å². The van der Waals surface area contributed by atoms with Gasteiger partial charge in [-0.15, -0.1) is 0 Å². The van der Waals surface area contributed by atoms with Gasteiger partial charge in [0.15, 0.2) is 0 Å². The maximum Gasteiger partial charge on any atom is 0.320 e. The van der Waals surface area contributed by atoms with Crippen molar-refractivity contribution in [2.45, 2.75) is 43.9 Å². The number of aromatic nitrogens is 2. The van der Waals surface area contributed by atoms with Crippen molar-refractivity contribution in [1.82, 2.24) is 20.2 Å². The predicted molar refractivity (Wildman–Crippen MR) is 82.5 cm³/mol. The number of nitrogens with zero attached hydrogens (tertiary/aromatic N) is 3. The molecule has 2 fully saturated rings. The third kappa shape index (κ3) is 2.65. The lowest BCUT2D eigenvalue weighted by molar-refractivity contribution is 0.106. The highest BCUT2D eigenvalue weighted by Crippen LogP contribution is 2.40. The van der Waals surface area contributed by atoms with Gasteiger partial charge in [-0.25, -0.2) is 4.39 Å². The quantitative estimate of drug-likeness (QED) is 0.895. The van der Waals surface area contributed by atoms with Gasteiger partial charge in [0, 0.05) is 25.1 Å². The summed E-state index contributed by atoms with van der Waals surface area (Å²) in [5.41, 5.74) is 1.82. The van der Waals surface area contributed by atoms with Crippen LogP contribution in [-0.4, -0.2) is 59.9 Å². The van der Waals surface area contributed by atoms with Crippen molar-refractivity contribution >= 4 is 0 Å². The minimum absolute atomic E-state index is 0.176. The second-order valence-electron chi connectivity index (χ2n) is 6.73. The average molecular weight is 322 g/mol. The number of methoxy groups -OCH3 is 1. The molecule has 0 bridgehead atoms. The number of fused-ring (bicyclic) bond motifs is 2. The highest BCUT2D eigenvalue weighted by molar-refractivity contribution is 5.34. The van der Waals surface area contributed by atoms with Crippen molar-refractivity contribution < 1.29 is 13.9 Å². The van der Waals surface area contributed by atoms with Gasteiger partial charge in [-0.3, -0.25) is 4.90 Å². The first-order valence-corrected chi connectivity index (χ1v) is 8.37. The molecule has 6 nitrogen and oxygen atoms in total. The normalized spacial score (nSPS) is 30.1. The van der Waals surface area contributed by atoms with Crippen molar-refractivity contribution in [3.8, 4) is 11.9 Å². The van der Waals surface area contributed by atoms with Gasteiger partial charge in [-0.2, -0.15) is 9.97 Å². The van der Waals surface area contributed by atoms with Gasteiger partial charge < -0.3 is 14.8 Å². The fraction of sp³-hybridized carbons (Fsp3) is 0.750. The number of ether oxygens (including phenoxy) is 2. The number of alkyl halides is 1. The van der Waals surface area contributed by atoms with Crippen molar-refractivity contribution in [1.29, 1.82) is 0 Å². The van der Waals surface area contributed by atoms with Crippen LogP contribution in [0.2, 0.25) is 0 Å². The molecule has 1 N–H and O–H groups in total. The molecule has 0 amide bonds. The van der Waals surface area contributed by atoms with Crippen LogP contribution in [-0.2, 0) is 13.0 Å². The molecule has 7 heteroatoms. The molecule has 1 aromatic rings. The molecule has 3 aliphatic rings. The average Bonchev–Trinajstić information content (AvgIpc) is 3.08. The molecule has 0 aromatic carbocycles. The first kappa shape index (κ1) is 15.1. The zero-order valence-corrected chi connectivity index (χ0v) is 13.5. The van der Waals surface area contributed by atoms with Gasteiger partial charge >= 0.3 is 6.01 Å². The topological polar surface area (TPSA) is 59.5 Å². The Balaban J connectivity index is 1.53. The summed E-state index contributed by atoms with van der Waals surface area (Å²) in [5, 5.41) is 3.30. The summed E-state index contributed by atoms with van der Waals surface area (Å²) in [6, 6.07) is 0.341. The number of hydrogen-bond acceptors (Lipinski definition) is 6. The van der Waals surface area contributed by atoms with Crippen LogP contribution in [0, 0.1) is 0 Å². The molecule has 126 valence electrons. The van der Waals surface area contributed by atoms with Gasteiger partial charge in [-0.05, 0) is 32.4 Å². The van der Waals surface area contributed by atoms with Crippen LogP contribution in [0.5, 0.6) is 11.9 Å². The summed E-state index contributed by atoms with van der Waals surface area (Å²) in [4.78, 5) is 11.2. The Bertz CT molecular complexity index is 582. The molecule has 4 rings (SSSR count). The van der Waals surface area contributed by atoms with Gasteiger partial charge in [0.05, 0.1) is 18.3 Å². The lowest BCUT2D eigenvalue weighted by atomic mass is 9.95. The number of hydrogen-bond donors (Lipinski definition) is 1. The SMILES string of the molecule is COc1nc(OCC23CCCN2C[C@H](F)C3)nc2c1CCNC2. The molecular weight excluding hydrogens is 299 g/mol. The fourth-order valence-corrected chi connectivity index (χ4v) is 4.18. The van der Waals surface area contributed by atoms with Crippen LogP contribution >= 0.6 is 0 Å². The van der Waals surface area contributed by atoms with Crippen molar-refractivity contribution in [3.05, 3.63) is 11.3 Å².